The third-order valence-electron chi connectivity index (χ3n) is 4.51. The van der Waals surface area contributed by atoms with Crippen LogP contribution in [0.4, 0.5) is 5.82 Å². The van der Waals surface area contributed by atoms with Gasteiger partial charge >= 0.3 is 0 Å². The van der Waals surface area contributed by atoms with Gasteiger partial charge in [-0.2, -0.15) is 0 Å². The normalized spacial score (nSPS) is 11.5. The molecule has 0 spiro atoms. The van der Waals surface area contributed by atoms with Gasteiger partial charge in [-0.3, -0.25) is 4.57 Å². The number of hydrogen-bond donors (Lipinski definition) is 1. The van der Waals surface area contributed by atoms with E-state index >= 15 is 0 Å². The topological polar surface area (TPSA) is 56.7 Å². The third-order valence-corrected chi connectivity index (χ3v) is 4.51. The highest BCUT2D eigenvalue weighted by Crippen LogP contribution is 2.35. The van der Waals surface area contributed by atoms with E-state index in [2.05, 4.69) is 54.6 Å². The summed E-state index contributed by atoms with van der Waals surface area (Å²) in [5.74, 6) is 1.22. The second kappa shape index (κ2) is 5.06. The minimum atomic E-state index is 0.537. The van der Waals surface area contributed by atoms with E-state index in [9.17, 15) is 0 Å². The first-order chi connectivity index (χ1) is 11.5. The molecule has 0 bridgehead atoms. The summed E-state index contributed by atoms with van der Waals surface area (Å²) in [6.45, 7) is 8.30. The maximum absolute atomic E-state index is 6.25. The predicted octanol–water partition coefficient (Wildman–Crippen LogP) is 4.39. The lowest BCUT2D eigenvalue weighted by molar-refractivity contribution is 1.03. The summed E-state index contributed by atoms with van der Waals surface area (Å²) in [7, 11) is 0. The smallest absolute Gasteiger partial charge is 0.151 e. The van der Waals surface area contributed by atoms with Crippen molar-refractivity contribution in [3.63, 3.8) is 0 Å². The van der Waals surface area contributed by atoms with E-state index in [0.29, 0.717) is 11.6 Å². The van der Waals surface area contributed by atoms with Gasteiger partial charge < -0.3 is 5.73 Å². The molecule has 2 N–H and O–H groups in total. The van der Waals surface area contributed by atoms with Crippen LogP contribution in [0.5, 0.6) is 0 Å². The highest BCUT2D eigenvalue weighted by atomic mass is 15.1. The number of aryl methyl sites for hydroxylation is 4. The molecule has 2 heterocycles. The Hall–Kier alpha value is -2.88. The van der Waals surface area contributed by atoms with Gasteiger partial charge in [-0.15, -0.1) is 0 Å². The number of benzene rings is 2. The molecule has 4 aromatic rings. The summed E-state index contributed by atoms with van der Waals surface area (Å²) in [4.78, 5) is 9.10. The monoisotopic (exact) mass is 316 g/mol. The van der Waals surface area contributed by atoms with E-state index in [-0.39, 0.29) is 0 Å². The zero-order valence-corrected chi connectivity index (χ0v) is 14.4. The standard InChI is InChI=1S/C20H20N4/c1-11-9-12(2)18(13(3)10-11)24-16-8-6-5-7-15(16)17-19(21)22-14(4)23-20(17)24/h5-10H,1-4H3,(H2,21,22,23). The van der Waals surface area contributed by atoms with Gasteiger partial charge in [-0.1, -0.05) is 35.9 Å². The number of rotatable bonds is 1. The molecular formula is C20H20N4. The summed E-state index contributed by atoms with van der Waals surface area (Å²) in [6.07, 6.45) is 0. The molecular weight excluding hydrogens is 296 g/mol. The lowest BCUT2D eigenvalue weighted by Gasteiger charge is -2.15. The SMILES string of the molecule is Cc1cc(C)c(-n2c3ccccc3c3c(N)nc(C)nc32)c(C)c1. The average molecular weight is 316 g/mol. The minimum Gasteiger partial charge on any atom is -0.383 e. The molecule has 24 heavy (non-hydrogen) atoms. The molecule has 2 aromatic heterocycles. The molecule has 0 fully saturated rings. The predicted molar refractivity (Wildman–Crippen MR) is 99.7 cm³/mol. The van der Waals surface area contributed by atoms with Crippen LogP contribution >= 0.6 is 0 Å². The summed E-state index contributed by atoms with van der Waals surface area (Å²) < 4.78 is 2.22. The van der Waals surface area contributed by atoms with Gasteiger partial charge in [0.2, 0.25) is 0 Å². The lowest BCUT2D eigenvalue weighted by atomic mass is 10.0. The Bertz CT molecular complexity index is 1080. The van der Waals surface area contributed by atoms with Gasteiger partial charge in [0, 0.05) is 5.39 Å². The molecule has 120 valence electrons. The number of nitrogens with zero attached hydrogens (tertiary/aromatic N) is 3. The van der Waals surface area contributed by atoms with Gasteiger partial charge in [0.05, 0.1) is 16.6 Å². The zero-order valence-electron chi connectivity index (χ0n) is 14.4. The maximum atomic E-state index is 6.25. The fourth-order valence-corrected chi connectivity index (χ4v) is 3.74. The van der Waals surface area contributed by atoms with Crippen molar-refractivity contribution in [3.8, 4) is 5.69 Å². The molecule has 0 saturated heterocycles. The Morgan fingerprint density at radius 2 is 1.58 bits per heavy atom. The lowest BCUT2D eigenvalue weighted by Crippen LogP contribution is -2.04. The number of aromatic nitrogens is 3. The van der Waals surface area contributed by atoms with Crippen molar-refractivity contribution in [3.05, 3.63) is 58.9 Å². The molecule has 4 heteroatoms. The molecule has 0 aliphatic carbocycles. The van der Waals surface area contributed by atoms with Crippen molar-refractivity contribution in [1.29, 1.82) is 0 Å². The fourth-order valence-electron chi connectivity index (χ4n) is 3.74. The van der Waals surface area contributed by atoms with Crippen molar-refractivity contribution in [1.82, 2.24) is 14.5 Å². The van der Waals surface area contributed by atoms with Crippen LogP contribution in [0.2, 0.25) is 0 Å². The Labute approximate surface area is 141 Å². The van der Waals surface area contributed by atoms with Crippen LogP contribution in [0, 0.1) is 27.7 Å². The van der Waals surface area contributed by atoms with E-state index in [4.69, 9.17) is 10.7 Å². The molecule has 0 amide bonds. The largest absolute Gasteiger partial charge is 0.383 e. The second-order valence-electron chi connectivity index (χ2n) is 6.45. The van der Waals surface area contributed by atoms with Crippen molar-refractivity contribution >= 4 is 27.8 Å². The second-order valence-corrected chi connectivity index (χ2v) is 6.45. The summed E-state index contributed by atoms with van der Waals surface area (Å²) >= 11 is 0. The summed E-state index contributed by atoms with van der Waals surface area (Å²) in [6, 6.07) is 12.7. The van der Waals surface area contributed by atoms with Crippen LogP contribution in [0.15, 0.2) is 36.4 Å². The van der Waals surface area contributed by atoms with Crippen molar-refractivity contribution in [2.45, 2.75) is 27.7 Å². The molecule has 4 rings (SSSR count). The number of para-hydroxylation sites is 1. The minimum absolute atomic E-state index is 0.537. The van der Waals surface area contributed by atoms with Gasteiger partial charge in [-0.25, -0.2) is 9.97 Å². The van der Waals surface area contributed by atoms with E-state index < -0.39 is 0 Å². The van der Waals surface area contributed by atoms with Crippen LogP contribution in [0.1, 0.15) is 22.5 Å². The van der Waals surface area contributed by atoms with Crippen molar-refractivity contribution in [2.75, 3.05) is 5.73 Å². The van der Waals surface area contributed by atoms with E-state index in [0.717, 1.165) is 21.9 Å². The van der Waals surface area contributed by atoms with E-state index in [1.807, 2.05) is 19.1 Å². The number of hydrogen-bond acceptors (Lipinski definition) is 3. The molecule has 0 aliphatic rings. The fraction of sp³-hybridized carbons (Fsp3) is 0.200. The Balaban J connectivity index is 2.27. The average Bonchev–Trinajstić information content (AvgIpc) is 2.81. The van der Waals surface area contributed by atoms with Crippen LogP contribution in [0.25, 0.3) is 27.6 Å². The van der Waals surface area contributed by atoms with Crippen LogP contribution in [-0.4, -0.2) is 14.5 Å². The highest BCUT2D eigenvalue weighted by molar-refractivity contribution is 6.12. The van der Waals surface area contributed by atoms with Gasteiger partial charge in [0.15, 0.2) is 5.65 Å². The quantitative estimate of drug-likeness (QED) is 0.566. The Morgan fingerprint density at radius 1 is 0.917 bits per heavy atom. The number of anilines is 1. The van der Waals surface area contributed by atoms with Crippen LogP contribution in [-0.2, 0) is 0 Å². The number of nitrogens with two attached hydrogens (primary N) is 1. The first-order valence-electron chi connectivity index (χ1n) is 8.09. The van der Waals surface area contributed by atoms with Gasteiger partial charge in [0.25, 0.3) is 0 Å². The highest BCUT2D eigenvalue weighted by Gasteiger charge is 2.19. The van der Waals surface area contributed by atoms with Crippen molar-refractivity contribution < 1.29 is 0 Å². The van der Waals surface area contributed by atoms with E-state index in [1.54, 1.807) is 0 Å². The molecule has 0 atom stereocenters. The molecule has 0 unspecified atom stereocenters. The van der Waals surface area contributed by atoms with Crippen molar-refractivity contribution in [2.24, 2.45) is 0 Å². The van der Waals surface area contributed by atoms with Gasteiger partial charge in [-0.05, 0) is 44.9 Å². The molecule has 4 nitrogen and oxygen atoms in total. The Kier molecular flexibility index (Phi) is 3.10. The van der Waals surface area contributed by atoms with Crippen LogP contribution < -0.4 is 5.73 Å². The van der Waals surface area contributed by atoms with Crippen LogP contribution in [0.3, 0.4) is 0 Å². The molecule has 0 aliphatic heterocycles. The maximum Gasteiger partial charge on any atom is 0.151 e. The van der Waals surface area contributed by atoms with E-state index in [1.165, 1.54) is 22.4 Å². The summed E-state index contributed by atoms with van der Waals surface area (Å²) in [5, 5.41) is 2.01. The first-order valence-corrected chi connectivity index (χ1v) is 8.09. The third kappa shape index (κ3) is 1.99. The Morgan fingerprint density at radius 3 is 2.29 bits per heavy atom. The molecule has 0 saturated carbocycles. The molecule has 2 aromatic carbocycles. The number of nitrogen functional groups attached to an aromatic ring is 1. The summed E-state index contributed by atoms with van der Waals surface area (Å²) in [5.41, 5.74) is 13.1. The molecule has 0 radical (unpaired) electrons. The van der Waals surface area contributed by atoms with Gasteiger partial charge in [0.1, 0.15) is 11.6 Å². The number of fused-ring (bicyclic) bond motifs is 3. The zero-order chi connectivity index (χ0) is 17.0. The first kappa shape index (κ1) is 14.7.